The van der Waals surface area contributed by atoms with Crippen LogP contribution in [0.15, 0.2) is 82.7 Å². The second kappa shape index (κ2) is 14.9. The molecular weight excluding hydrogens is 665 g/mol. The lowest BCUT2D eigenvalue weighted by atomic mass is 10.0. The van der Waals surface area contributed by atoms with Gasteiger partial charge in [-0.05, 0) is 105 Å². The zero-order valence-electron chi connectivity index (χ0n) is 27.6. The lowest BCUT2D eigenvalue weighted by Gasteiger charge is -2.18. The fourth-order valence-electron chi connectivity index (χ4n) is 6.89. The van der Waals surface area contributed by atoms with Gasteiger partial charge in [-0.2, -0.15) is 18.2 Å². The molecule has 0 bridgehead atoms. The summed E-state index contributed by atoms with van der Waals surface area (Å²) in [5.74, 6) is 1.88. The van der Waals surface area contributed by atoms with Crippen LogP contribution in [-0.4, -0.2) is 48.8 Å². The third-order valence-electron chi connectivity index (χ3n) is 9.60. The van der Waals surface area contributed by atoms with Crippen molar-refractivity contribution in [2.75, 3.05) is 19.6 Å². The standard InChI is InChI=1S/C38H38F4N6OS/c39-31-18-10-27(11-19-31)25-50-37-43-36(49)32-5-3-6-33(32)47(37)24-35-45-44-34(7-4-22-46-20-1-2-21-46)48(35)23-26-8-12-28(13-9-26)29-14-16-30(17-15-29)38(40,41)42/h8-19H,1-7,20-25H2. The molecule has 1 aliphatic heterocycles. The van der Waals surface area contributed by atoms with Gasteiger partial charge in [0.25, 0.3) is 5.56 Å². The van der Waals surface area contributed by atoms with Crippen molar-refractivity contribution < 1.29 is 17.6 Å². The normalized spacial score (nSPS) is 14.8. The summed E-state index contributed by atoms with van der Waals surface area (Å²) in [7, 11) is 0. The number of halogens is 4. The van der Waals surface area contributed by atoms with Gasteiger partial charge in [-0.25, -0.2) is 4.39 Å². The molecule has 5 aromatic rings. The molecular formula is C38H38F4N6OS. The van der Waals surface area contributed by atoms with Crippen molar-refractivity contribution in [3.8, 4) is 11.1 Å². The van der Waals surface area contributed by atoms with Gasteiger partial charge in [0, 0.05) is 23.4 Å². The first-order valence-electron chi connectivity index (χ1n) is 17.1. The molecule has 7 nitrogen and oxygen atoms in total. The number of hydrogen-bond donors (Lipinski definition) is 0. The van der Waals surface area contributed by atoms with Crippen LogP contribution in [0.2, 0.25) is 0 Å². The second-order valence-corrected chi connectivity index (χ2v) is 14.0. The number of likely N-dealkylation sites (tertiary alicyclic amines) is 1. The van der Waals surface area contributed by atoms with E-state index in [1.165, 1.54) is 48.9 Å². The molecule has 260 valence electrons. The van der Waals surface area contributed by atoms with Crippen molar-refractivity contribution in [2.24, 2.45) is 0 Å². The molecule has 3 aromatic carbocycles. The molecule has 1 fully saturated rings. The first kappa shape index (κ1) is 34.2. The number of hydrogen-bond acceptors (Lipinski definition) is 6. The maximum atomic E-state index is 13.5. The monoisotopic (exact) mass is 702 g/mol. The number of benzene rings is 3. The van der Waals surface area contributed by atoms with Gasteiger partial charge < -0.3 is 14.0 Å². The van der Waals surface area contributed by atoms with Gasteiger partial charge in [0.1, 0.15) is 11.6 Å². The van der Waals surface area contributed by atoms with Gasteiger partial charge in [0.05, 0.1) is 18.7 Å². The number of nitrogens with zero attached hydrogens (tertiary/aromatic N) is 6. The molecule has 0 amide bonds. The summed E-state index contributed by atoms with van der Waals surface area (Å²) < 4.78 is 57.1. The maximum Gasteiger partial charge on any atom is 0.416 e. The molecule has 0 unspecified atom stereocenters. The second-order valence-electron chi connectivity index (χ2n) is 13.0. The van der Waals surface area contributed by atoms with Gasteiger partial charge in [-0.15, -0.1) is 10.2 Å². The zero-order chi connectivity index (χ0) is 34.7. The summed E-state index contributed by atoms with van der Waals surface area (Å²) in [6.45, 7) is 4.18. The van der Waals surface area contributed by atoms with E-state index in [1.807, 2.05) is 24.3 Å². The Bertz CT molecular complexity index is 1980. The largest absolute Gasteiger partial charge is 0.416 e. The van der Waals surface area contributed by atoms with Crippen LogP contribution in [-0.2, 0) is 44.3 Å². The molecule has 0 N–H and O–H groups in total. The molecule has 7 rings (SSSR count). The van der Waals surface area contributed by atoms with E-state index in [9.17, 15) is 22.4 Å². The van der Waals surface area contributed by atoms with Crippen LogP contribution in [0.5, 0.6) is 0 Å². The van der Waals surface area contributed by atoms with E-state index in [0.29, 0.717) is 36.0 Å². The number of aryl methyl sites for hydroxylation is 1. The number of rotatable bonds is 12. The van der Waals surface area contributed by atoms with E-state index in [4.69, 9.17) is 5.10 Å². The van der Waals surface area contributed by atoms with Crippen LogP contribution in [0, 0.1) is 5.82 Å². The van der Waals surface area contributed by atoms with Crippen LogP contribution >= 0.6 is 11.8 Å². The molecule has 12 heteroatoms. The van der Waals surface area contributed by atoms with Crippen molar-refractivity contribution in [2.45, 2.75) is 75.1 Å². The Kier molecular flexibility index (Phi) is 10.2. The number of aromatic nitrogens is 5. The lowest BCUT2D eigenvalue weighted by Crippen LogP contribution is -2.23. The smallest absolute Gasteiger partial charge is 0.316 e. The molecule has 0 atom stereocenters. The van der Waals surface area contributed by atoms with Crippen molar-refractivity contribution >= 4 is 11.8 Å². The van der Waals surface area contributed by atoms with E-state index in [-0.39, 0.29) is 11.4 Å². The van der Waals surface area contributed by atoms with E-state index in [0.717, 1.165) is 97.0 Å². The third kappa shape index (κ3) is 7.86. The van der Waals surface area contributed by atoms with Crippen molar-refractivity contribution in [3.63, 3.8) is 0 Å². The Labute approximate surface area is 292 Å². The average Bonchev–Trinajstić information content (AvgIpc) is 3.89. The highest BCUT2D eigenvalue weighted by atomic mass is 32.2. The van der Waals surface area contributed by atoms with Gasteiger partial charge >= 0.3 is 6.18 Å². The summed E-state index contributed by atoms with van der Waals surface area (Å²) in [5, 5.41) is 9.97. The Morgan fingerprint density at radius 2 is 1.40 bits per heavy atom. The van der Waals surface area contributed by atoms with Crippen LogP contribution in [0.3, 0.4) is 0 Å². The Hall–Kier alpha value is -4.29. The molecule has 3 heterocycles. The first-order valence-corrected chi connectivity index (χ1v) is 18.1. The Morgan fingerprint density at radius 1 is 0.740 bits per heavy atom. The number of thioether (sulfide) groups is 1. The van der Waals surface area contributed by atoms with Crippen LogP contribution in [0.1, 0.15) is 65.3 Å². The summed E-state index contributed by atoms with van der Waals surface area (Å²) in [5.41, 5.74) is 4.36. The van der Waals surface area contributed by atoms with Crippen LogP contribution in [0.25, 0.3) is 11.1 Å². The highest BCUT2D eigenvalue weighted by Gasteiger charge is 2.30. The fraction of sp³-hybridized carbons (Fsp3) is 0.368. The molecule has 0 saturated carbocycles. The van der Waals surface area contributed by atoms with Gasteiger partial charge in [0.2, 0.25) is 0 Å². The Morgan fingerprint density at radius 3 is 2.10 bits per heavy atom. The minimum atomic E-state index is -4.38. The average molecular weight is 703 g/mol. The molecule has 2 aromatic heterocycles. The third-order valence-corrected chi connectivity index (χ3v) is 10.6. The van der Waals surface area contributed by atoms with Crippen LogP contribution in [0.4, 0.5) is 17.6 Å². The van der Waals surface area contributed by atoms with Crippen molar-refractivity contribution in [1.29, 1.82) is 0 Å². The highest BCUT2D eigenvalue weighted by molar-refractivity contribution is 7.98. The predicted octanol–water partition coefficient (Wildman–Crippen LogP) is 7.57. The summed E-state index contributed by atoms with van der Waals surface area (Å²) in [4.78, 5) is 20.1. The minimum Gasteiger partial charge on any atom is -0.316 e. The SMILES string of the molecule is O=c1nc(SCc2ccc(F)cc2)n(Cc2nnc(CCCN3CCCC3)n2Cc2ccc(-c3ccc(C(F)(F)F)cc3)cc2)c2c1CCC2. The molecule has 2 aliphatic rings. The number of fused-ring (bicyclic) bond motifs is 1. The number of alkyl halides is 3. The maximum absolute atomic E-state index is 13.5. The van der Waals surface area contributed by atoms with Crippen LogP contribution < -0.4 is 5.56 Å². The summed E-state index contributed by atoms with van der Waals surface area (Å²) in [6.07, 6.45) is 2.18. The van der Waals surface area contributed by atoms with E-state index < -0.39 is 11.7 Å². The molecule has 1 saturated heterocycles. The Balaban J connectivity index is 1.17. The van der Waals surface area contributed by atoms with E-state index in [1.54, 1.807) is 12.1 Å². The van der Waals surface area contributed by atoms with Crippen molar-refractivity contribution in [1.82, 2.24) is 29.2 Å². The topological polar surface area (TPSA) is 68.8 Å². The minimum absolute atomic E-state index is 0.187. The van der Waals surface area contributed by atoms with Gasteiger partial charge in [-0.1, -0.05) is 60.3 Å². The first-order chi connectivity index (χ1) is 24.2. The van der Waals surface area contributed by atoms with E-state index in [2.05, 4.69) is 24.1 Å². The molecule has 0 radical (unpaired) electrons. The molecule has 1 aliphatic carbocycles. The molecule has 50 heavy (non-hydrogen) atoms. The van der Waals surface area contributed by atoms with Crippen molar-refractivity contribution in [3.05, 3.63) is 129 Å². The fourth-order valence-corrected chi connectivity index (χ4v) is 7.86. The van der Waals surface area contributed by atoms with E-state index >= 15 is 0 Å². The predicted molar refractivity (Wildman–Crippen MR) is 186 cm³/mol. The van der Waals surface area contributed by atoms with Gasteiger partial charge in [-0.3, -0.25) is 4.79 Å². The summed E-state index contributed by atoms with van der Waals surface area (Å²) >= 11 is 1.46. The zero-order valence-corrected chi connectivity index (χ0v) is 28.4. The quantitative estimate of drug-likeness (QED) is 0.0760. The molecule has 0 spiro atoms. The summed E-state index contributed by atoms with van der Waals surface area (Å²) in [6, 6.07) is 19.4. The van der Waals surface area contributed by atoms with Gasteiger partial charge in [0.15, 0.2) is 11.0 Å². The highest BCUT2D eigenvalue weighted by Crippen LogP contribution is 2.32. The lowest BCUT2D eigenvalue weighted by molar-refractivity contribution is -0.137.